The Kier molecular flexibility index (Phi) is 5.53. The van der Waals surface area contributed by atoms with Crippen molar-refractivity contribution < 1.29 is 13.2 Å². The molecule has 0 unspecified atom stereocenters. The van der Waals surface area contributed by atoms with Crippen LogP contribution in [0.2, 0.25) is 0 Å². The van der Waals surface area contributed by atoms with Gasteiger partial charge < -0.3 is 5.32 Å². The van der Waals surface area contributed by atoms with Crippen molar-refractivity contribution in [1.29, 1.82) is 15.8 Å². The Bertz CT molecular complexity index is 1200. The van der Waals surface area contributed by atoms with Gasteiger partial charge in [-0.2, -0.15) is 34.1 Å². The van der Waals surface area contributed by atoms with E-state index in [4.69, 9.17) is 15.8 Å². The Labute approximate surface area is 169 Å². The molecule has 3 rings (SSSR count). The molecule has 0 atom stereocenters. The third-order valence-electron chi connectivity index (χ3n) is 4.04. The Morgan fingerprint density at radius 3 is 2.07 bits per heavy atom. The quantitative estimate of drug-likeness (QED) is 0.630. The average Bonchev–Trinajstić information content (AvgIpc) is 3.21. The Hall–Kier alpha value is -4.55. The number of rotatable bonds is 4. The van der Waals surface area contributed by atoms with E-state index in [1.165, 1.54) is 16.8 Å². The van der Waals surface area contributed by atoms with Crippen LogP contribution in [0, 0.1) is 34.0 Å². The first kappa shape index (κ1) is 20.2. The molecule has 1 N–H and O–H groups in total. The van der Waals surface area contributed by atoms with Crippen LogP contribution in [0.3, 0.4) is 0 Å². The van der Waals surface area contributed by atoms with Crippen molar-refractivity contribution in [2.45, 2.75) is 6.18 Å². The first-order chi connectivity index (χ1) is 14.4. The molecule has 1 heterocycles. The fraction of sp³-hybridized carbons (Fsp3) is 0.0476. The summed E-state index contributed by atoms with van der Waals surface area (Å²) in [7, 11) is 0. The number of hydrogen-bond donors (Lipinski definition) is 1. The predicted octanol–water partition coefficient (Wildman–Crippen LogP) is 4.79. The van der Waals surface area contributed by atoms with E-state index in [1.54, 1.807) is 60.7 Å². The second kappa shape index (κ2) is 8.22. The number of nitrogens with one attached hydrogen (secondary N) is 1. The van der Waals surface area contributed by atoms with E-state index in [-0.39, 0.29) is 17.0 Å². The lowest BCUT2D eigenvalue weighted by Gasteiger charge is -2.09. The van der Waals surface area contributed by atoms with Gasteiger partial charge in [-0.1, -0.05) is 30.3 Å². The maximum Gasteiger partial charge on any atom is 0.435 e. The van der Waals surface area contributed by atoms with Crippen molar-refractivity contribution in [3.63, 3.8) is 0 Å². The molecule has 0 spiro atoms. The third-order valence-corrected chi connectivity index (χ3v) is 4.04. The van der Waals surface area contributed by atoms with Gasteiger partial charge in [0.05, 0.1) is 11.4 Å². The molecule has 0 aliphatic carbocycles. The predicted molar refractivity (Wildman–Crippen MR) is 101 cm³/mol. The molecule has 9 heteroatoms. The molecule has 0 saturated carbocycles. The van der Waals surface area contributed by atoms with Crippen LogP contribution in [0.1, 0.15) is 5.69 Å². The molecule has 0 radical (unpaired) electrons. The van der Waals surface area contributed by atoms with E-state index < -0.39 is 11.9 Å². The van der Waals surface area contributed by atoms with Gasteiger partial charge in [-0.25, -0.2) is 4.68 Å². The number of halogens is 3. The second-order valence-electron chi connectivity index (χ2n) is 5.95. The van der Waals surface area contributed by atoms with Gasteiger partial charge in [0.25, 0.3) is 0 Å². The number of anilines is 1. The van der Waals surface area contributed by atoms with Gasteiger partial charge in [-0.05, 0) is 30.3 Å². The molecule has 3 aromatic rings. The Morgan fingerprint density at radius 2 is 1.53 bits per heavy atom. The SMILES string of the molecule is N#CC(C#N)=C(C#N)Nc1ccc(-c2cc(C(F)(F)F)nn2-c2ccccc2)cc1. The summed E-state index contributed by atoms with van der Waals surface area (Å²) in [6.45, 7) is 0. The fourth-order valence-corrected chi connectivity index (χ4v) is 2.64. The number of aromatic nitrogens is 2. The normalized spacial score (nSPS) is 10.4. The summed E-state index contributed by atoms with van der Waals surface area (Å²) in [5.41, 5.74) is -0.0832. The molecule has 0 fully saturated rings. The molecule has 146 valence electrons. The lowest BCUT2D eigenvalue weighted by molar-refractivity contribution is -0.141. The summed E-state index contributed by atoms with van der Waals surface area (Å²) in [5, 5.41) is 33.2. The smallest absolute Gasteiger partial charge is 0.345 e. The number of allylic oxidation sites excluding steroid dienone is 2. The molecule has 0 aliphatic rings. The molecule has 1 aromatic heterocycles. The van der Waals surface area contributed by atoms with Crippen LogP contribution >= 0.6 is 0 Å². The Morgan fingerprint density at radius 1 is 0.900 bits per heavy atom. The largest absolute Gasteiger partial charge is 0.435 e. The number of nitrogens with zero attached hydrogens (tertiary/aromatic N) is 5. The molecule has 0 saturated heterocycles. The van der Waals surface area contributed by atoms with E-state index in [2.05, 4.69) is 10.4 Å². The van der Waals surface area contributed by atoms with Gasteiger partial charge in [0, 0.05) is 11.3 Å². The molecule has 0 amide bonds. The van der Waals surface area contributed by atoms with Crippen molar-refractivity contribution in [1.82, 2.24) is 9.78 Å². The zero-order valence-corrected chi connectivity index (χ0v) is 15.1. The van der Waals surface area contributed by atoms with Gasteiger partial charge in [-0.3, -0.25) is 0 Å². The molecule has 30 heavy (non-hydrogen) atoms. The number of hydrogen-bond acceptors (Lipinski definition) is 5. The average molecular weight is 404 g/mol. The highest BCUT2D eigenvalue weighted by atomic mass is 19.4. The number of alkyl halides is 3. The maximum atomic E-state index is 13.2. The van der Waals surface area contributed by atoms with Gasteiger partial charge in [-0.15, -0.1) is 0 Å². The molecular formula is C21H11F3N6. The van der Waals surface area contributed by atoms with Crippen molar-refractivity contribution in [2.75, 3.05) is 5.32 Å². The summed E-state index contributed by atoms with van der Waals surface area (Å²) in [5.74, 6) is 0. The monoisotopic (exact) mass is 404 g/mol. The molecule has 0 aliphatic heterocycles. The molecule has 0 bridgehead atoms. The van der Waals surface area contributed by atoms with Crippen LogP contribution in [-0.2, 0) is 6.18 Å². The number of benzene rings is 2. The highest BCUT2D eigenvalue weighted by Gasteiger charge is 2.35. The van der Waals surface area contributed by atoms with Gasteiger partial charge in [0.15, 0.2) is 11.3 Å². The summed E-state index contributed by atoms with van der Waals surface area (Å²) in [4.78, 5) is 0. The topological polar surface area (TPSA) is 101 Å². The van der Waals surface area contributed by atoms with Crippen LogP contribution in [-0.4, -0.2) is 9.78 Å². The van der Waals surface area contributed by atoms with E-state index in [1.807, 2.05) is 0 Å². The van der Waals surface area contributed by atoms with Crippen molar-refractivity contribution in [2.24, 2.45) is 0 Å². The second-order valence-corrected chi connectivity index (χ2v) is 5.95. The van der Waals surface area contributed by atoms with Crippen LogP contribution in [0.4, 0.5) is 18.9 Å². The van der Waals surface area contributed by atoms with E-state index in [9.17, 15) is 13.2 Å². The molecule has 2 aromatic carbocycles. The molecule has 6 nitrogen and oxygen atoms in total. The fourth-order valence-electron chi connectivity index (χ4n) is 2.64. The first-order valence-corrected chi connectivity index (χ1v) is 8.42. The van der Waals surface area contributed by atoms with Crippen LogP contribution in [0.25, 0.3) is 16.9 Å². The van der Waals surface area contributed by atoms with E-state index in [0.29, 0.717) is 16.9 Å². The maximum absolute atomic E-state index is 13.2. The van der Waals surface area contributed by atoms with Crippen LogP contribution in [0.5, 0.6) is 0 Å². The Balaban J connectivity index is 2.02. The zero-order chi connectivity index (χ0) is 21.7. The summed E-state index contributed by atoms with van der Waals surface area (Å²) >= 11 is 0. The first-order valence-electron chi connectivity index (χ1n) is 8.42. The van der Waals surface area contributed by atoms with Gasteiger partial charge in [0.2, 0.25) is 0 Å². The minimum atomic E-state index is -4.60. The van der Waals surface area contributed by atoms with Gasteiger partial charge in [0.1, 0.15) is 23.9 Å². The minimum Gasteiger partial charge on any atom is -0.345 e. The number of nitriles is 3. The van der Waals surface area contributed by atoms with Crippen LogP contribution < -0.4 is 5.32 Å². The van der Waals surface area contributed by atoms with Crippen molar-refractivity contribution in [3.05, 3.63) is 77.6 Å². The zero-order valence-electron chi connectivity index (χ0n) is 15.1. The molecular weight excluding hydrogens is 393 g/mol. The minimum absolute atomic E-state index is 0.221. The number of para-hydroxylation sites is 1. The van der Waals surface area contributed by atoms with Gasteiger partial charge >= 0.3 is 6.18 Å². The van der Waals surface area contributed by atoms with Crippen molar-refractivity contribution >= 4 is 5.69 Å². The summed E-state index contributed by atoms with van der Waals surface area (Å²) in [6, 6.07) is 20.5. The lowest BCUT2D eigenvalue weighted by atomic mass is 10.1. The standard InChI is InChI=1S/C21H11F3N6/c22-21(23,24)20-10-19(30(29-20)17-4-2-1-3-5-17)14-6-8-16(9-7-14)28-18(13-27)15(11-25)12-26/h1-10,28H. The highest BCUT2D eigenvalue weighted by Crippen LogP contribution is 2.33. The summed E-state index contributed by atoms with van der Waals surface area (Å²) < 4.78 is 40.9. The summed E-state index contributed by atoms with van der Waals surface area (Å²) in [6.07, 6.45) is -4.60. The van der Waals surface area contributed by atoms with Crippen molar-refractivity contribution in [3.8, 4) is 35.2 Å². The van der Waals surface area contributed by atoms with Crippen LogP contribution in [0.15, 0.2) is 71.9 Å². The third kappa shape index (κ3) is 4.14. The van der Waals surface area contributed by atoms with E-state index in [0.717, 1.165) is 6.07 Å². The van der Waals surface area contributed by atoms with E-state index >= 15 is 0 Å². The lowest BCUT2D eigenvalue weighted by Crippen LogP contribution is -2.07. The highest BCUT2D eigenvalue weighted by molar-refractivity contribution is 5.67.